The number of aliphatic carboxylic acids is 1. The van der Waals surface area contributed by atoms with Crippen molar-refractivity contribution in [3.05, 3.63) is 173 Å². The van der Waals surface area contributed by atoms with Gasteiger partial charge < -0.3 is 56.0 Å². The standard InChI is InChI=1S/C63H78N6O13/c1-44(79-40-48-23-13-9-14-24-48)58(66-46(3)70)61(76)65-39-56(72)69-59(45(2)80-41-49-25-15-10-16-26-49)62(77)68-53(31-21-7-5-4-6-8-22-32-57(73)74)60(75)64-38-55(71)67-54(63(78)82-43-51-29-19-12-20-30-51)37-47-33-35-52(36-34-47)81-42-50-27-17-11-18-28-50/h9-20,23-30,33-36,44-45,53-54,58-59H,4-8,21-22,31-32,37-43H2,1-3H3,(H,64,75)(H,65,76)(H,66,70)(H,67,71)(H,68,77)(H,69,72)(H,73,74)/t44-,45-,53+,54+,58+,59+/m1/s1. The third-order valence-corrected chi connectivity index (χ3v) is 13.2. The fourth-order valence-corrected chi connectivity index (χ4v) is 8.61. The van der Waals surface area contributed by atoms with E-state index in [1.165, 1.54) is 6.92 Å². The summed E-state index contributed by atoms with van der Waals surface area (Å²) in [5.41, 5.74) is 4.06. The predicted octanol–water partition coefficient (Wildman–Crippen LogP) is 6.55. The van der Waals surface area contributed by atoms with E-state index in [9.17, 15) is 38.4 Å². The molecule has 82 heavy (non-hydrogen) atoms. The third kappa shape index (κ3) is 24.9. The molecule has 19 heteroatoms. The largest absolute Gasteiger partial charge is 0.489 e. The molecule has 0 spiro atoms. The molecule has 7 N–H and O–H groups in total. The van der Waals surface area contributed by atoms with E-state index in [1.54, 1.807) is 50.2 Å². The van der Waals surface area contributed by atoms with Crippen molar-refractivity contribution >= 4 is 47.4 Å². The van der Waals surface area contributed by atoms with Crippen molar-refractivity contribution in [1.29, 1.82) is 0 Å². The number of nitrogens with one attached hydrogen (secondary N) is 6. The number of carboxylic acid groups (broad SMARTS) is 1. The average Bonchev–Trinajstić information content (AvgIpc) is 3.56. The number of carboxylic acids is 1. The SMILES string of the molecule is CC(=O)N[C@H](C(=O)NCC(=O)N[C@H](C(=O)N[C@@H](CCCCCCCCCC(=O)O)C(=O)NCC(=O)N[C@@H](Cc1ccc(OCc2ccccc2)cc1)C(=O)OCc1ccccc1)[C@@H](C)OCc1ccccc1)[C@@H](C)OCc1ccccc1. The van der Waals surface area contributed by atoms with Crippen LogP contribution in [0.5, 0.6) is 5.75 Å². The highest BCUT2D eigenvalue weighted by Gasteiger charge is 2.33. The number of unbranched alkanes of at least 4 members (excludes halogenated alkanes) is 6. The van der Waals surface area contributed by atoms with E-state index in [2.05, 4.69) is 31.9 Å². The highest BCUT2D eigenvalue weighted by atomic mass is 16.5. The van der Waals surface area contributed by atoms with Crippen LogP contribution in [0.3, 0.4) is 0 Å². The molecule has 0 heterocycles. The lowest BCUT2D eigenvalue weighted by molar-refractivity contribution is -0.149. The Hall–Kier alpha value is -8.42. The van der Waals surface area contributed by atoms with Crippen LogP contribution in [0.25, 0.3) is 0 Å². The molecule has 0 aliphatic carbocycles. The molecule has 6 amide bonds. The van der Waals surface area contributed by atoms with Crippen LogP contribution < -0.4 is 36.6 Å². The number of esters is 1. The average molecular weight is 1130 g/mol. The number of rotatable bonds is 37. The van der Waals surface area contributed by atoms with E-state index in [1.807, 2.05) is 109 Å². The van der Waals surface area contributed by atoms with Crippen LogP contribution in [0.1, 0.15) is 106 Å². The van der Waals surface area contributed by atoms with E-state index < -0.39 is 96.8 Å². The first-order valence-corrected chi connectivity index (χ1v) is 27.8. The van der Waals surface area contributed by atoms with Gasteiger partial charge in [0.2, 0.25) is 35.4 Å². The highest BCUT2D eigenvalue weighted by Crippen LogP contribution is 2.18. The van der Waals surface area contributed by atoms with Crippen molar-refractivity contribution in [3.63, 3.8) is 0 Å². The Morgan fingerprint density at radius 2 is 0.902 bits per heavy atom. The molecule has 438 valence electrons. The highest BCUT2D eigenvalue weighted by molar-refractivity contribution is 5.95. The summed E-state index contributed by atoms with van der Waals surface area (Å²) in [7, 11) is 0. The smallest absolute Gasteiger partial charge is 0.329 e. The number of carbonyl (C=O) groups excluding carboxylic acids is 7. The molecule has 5 aromatic carbocycles. The Labute approximate surface area is 480 Å². The molecule has 0 aliphatic rings. The maximum absolute atomic E-state index is 14.5. The van der Waals surface area contributed by atoms with Gasteiger partial charge in [-0.3, -0.25) is 33.6 Å². The van der Waals surface area contributed by atoms with Crippen LogP contribution in [-0.4, -0.2) is 102 Å². The van der Waals surface area contributed by atoms with Gasteiger partial charge in [-0.15, -0.1) is 0 Å². The van der Waals surface area contributed by atoms with Gasteiger partial charge in [0.15, 0.2) is 0 Å². The van der Waals surface area contributed by atoms with Gasteiger partial charge in [-0.1, -0.05) is 172 Å². The normalized spacial score (nSPS) is 13.1. The Morgan fingerprint density at radius 1 is 0.451 bits per heavy atom. The summed E-state index contributed by atoms with van der Waals surface area (Å²) >= 11 is 0. The van der Waals surface area contributed by atoms with E-state index in [0.717, 1.165) is 47.9 Å². The molecule has 19 nitrogen and oxygen atoms in total. The van der Waals surface area contributed by atoms with Crippen LogP contribution >= 0.6 is 0 Å². The molecule has 5 aromatic rings. The minimum atomic E-state index is -1.41. The number of benzene rings is 5. The first-order chi connectivity index (χ1) is 39.6. The van der Waals surface area contributed by atoms with Gasteiger partial charge in [0.1, 0.15) is 43.1 Å². The van der Waals surface area contributed by atoms with Crippen molar-refractivity contribution < 1.29 is 62.4 Å². The van der Waals surface area contributed by atoms with Crippen LogP contribution in [0, 0.1) is 0 Å². The molecule has 0 bridgehead atoms. The summed E-state index contributed by atoms with van der Waals surface area (Å²) in [4.78, 5) is 106. The summed E-state index contributed by atoms with van der Waals surface area (Å²) in [6.07, 6.45) is 3.37. The third-order valence-electron chi connectivity index (χ3n) is 13.2. The lowest BCUT2D eigenvalue weighted by Crippen LogP contribution is -2.59. The predicted molar refractivity (Wildman–Crippen MR) is 307 cm³/mol. The quantitative estimate of drug-likeness (QED) is 0.0165. The fraction of sp³-hybridized carbons (Fsp3) is 0.397. The lowest BCUT2D eigenvalue weighted by Gasteiger charge is -2.28. The van der Waals surface area contributed by atoms with Crippen molar-refractivity contribution in [2.45, 2.75) is 148 Å². The topological polar surface area (TPSA) is 266 Å². The molecule has 0 aromatic heterocycles. The van der Waals surface area contributed by atoms with Gasteiger partial charge in [0, 0.05) is 19.8 Å². The van der Waals surface area contributed by atoms with Gasteiger partial charge in [-0.25, -0.2) is 4.79 Å². The summed E-state index contributed by atoms with van der Waals surface area (Å²) in [5, 5.41) is 24.9. The Kier molecular flexibility index (Phi) is 28.3. The fourth-order valence-electron chi connectivity index (χ4n) is 8.61. The van der Waals surface area contributed by atoms with Crippen LogP contribution in [0.2, 0.25) is 0 Å². The van der Waals surface area contributed by atoms with Crippen molar-refractivity contribution in [2.75, 3.05) is 13.1 Å². The van der Waals surface area contributed by atoms with Crippen molar-refractivity contribution in [3.8, 4) is 5.75 Å². The minimum Gasteiger partial charge on any atom is -0.489 e. The van der Waals surface area contributed by atoms with E-state index in [4.69, 9.17) is 24.1 Å². The van der Waals surface area contributed by atoms with Gasteiger partial charge >= 0.3 is 11.9 Å². The molecule has 0 saturated carbocycles. The first kappa shape index (κ1) is 64.4. The number of ether oxygens (including phenoxy) is 4. The van der Waals surface area contributed by atoms with Gasteiger partial charge in [-0.2, -0.15) is 0 Å². The number of hydrogen-bond acceptors (Lipinski definition) is 12. The van der Waals surface area contributed by atoms with E-state index in [-0.39, 0.29) is 39.1 Å². The molecule has 0 aliphatic heterocycles. The monoisotopic (exact) mass is 1130 g/mol. The zero-order valence-corrected chi connectivity index (χ0v) is 47.0. The molecule has 0 radical (unpaired) electrons. The number of hydrogen-bond donors (Lipinski definition) is 7. The second-order valence-corrected chi connectivity index (χ2v) is 20.0. The Balaban J connectivity index is 1.28. The second kappa shape index (κ2) is 36.0. The van der Waals surface area contributed by atoms with Crippen LogP contribution in [-0.2, 0) is 85.4 Å². The van der Waals surface area contributed by atoms with Gasteiger partial charge in [0.25, 0.3) is 0 Å². The summed E-state index contributed by atoms with van der Waals surface area (Å²) in [5.74, 6) is -5.15. The van der Waals surface area contributed by atoms with Gasteiger partial charge in [-0.05, 0) is 66.6 Å². The lowest BCUT2D eigenvalue weighted by atomic mass is 10.0. The van der Waals surface area contributed by atoms with Gasteiger partial charge in [0.05, 0.1) is 38.5 Å². The molecule has 0 unspecified atom stereocenters. The van der Waals surface area contributed by atoms with E-state index >= 15 is 0 Å². The molecule has 6 atom stereocenters. The molecular weight excluding hydrogens is 1050 g/mol. The Bertz CT molecular complexity index is 2760. The maximum Gasteiger partial charge on any atom is 0.329 e. The first-order valence-electron chi connectivity index (χ1n) is 27.8. The van der Waals surface area contributed by atoms with Crippen molar-refractivity contribution in [2.24, 2.45) is 0 Å². The summed E-state index contributed by atoms with van der Waals surface area (Å²) < 4.78 is 23.6. The molecule has 0 fully saturated rings. The maximum atomic E-state index is 14.5. The zero-order valence-electron chi connectivity index (χ0n) is 47.0. The Morgan fingerprint density at radius 3 is 1.41 bits per heavy atom. The van der Waals surface area contributed by atoms with Crippen molar-refractivity contribution in [1.82, 2.24) is 31.9 Å². The number of carbonyl (C=O) groups is 8. The summed E-state index contributed by atoms with van der Waals surface area (Å²) in [6.45, 7) is 3.78. The van der Waals surface area contributed by atoms with Crippen LogP contribution in [0.4, 0.5) is 0 Å². The molecule has 5 rings (SSSR count). The summed E-state index contributed by atoms with van der Waals surface area (Å²) in [6, 6.07) is 39.3. The number of amides is 6. The minimum absolute atomic E-state index is 0.0451. The molecule has 0 saturated heterocycles. The zero-order chi connectivity index (χ0) is 58.9. The second-order valence-electron chi connectivity index (χ2n) is 20.0. The molecular formula is C63H78N6O13. The van der Waals surface area contributed by atoms with E-state index in [0.29, 0.717) is 37.2 Å². The van der Waals surface area contributed by atoms with Crippen LogP contribution in [0.15, 0.2) is 146 Å².